The Balaban J connectivity index is 2.24. The van der Waals surface area contributed by atoms with Crippen LogP contribution < -0.4 is 9.64 Å². The lowest BCUT2D eigenvalue weighted by Crippen LogP contribution is -2.25. The van der Waals surface area contributed by atoms with Crippen LogP contribution in [0.5, 0.6) is 5.88 Å². The third kappa shape index (κ3) is 3.62. The largest absolute Gasteiger partial charge is 0.481 e. The standard InChI is InChI=1S/C11H12BrClN2O4S/c1-19-10-3-9(8(12)4-14-10)15-5-7(2-11(15)16)6-20(13,17)18/h3-4,7H,2,5-6H2,1H3. The van der Waals surface area contributed by atoms with Crippen molar-refractivity contribution in [2.75, 3.05) is 24.3 Å². The number of hydrogen-bond donors (Lipinski definition) is 0. The zero-order valence-corrected chi connectivity index (χ0v) is 13.7. The Hall–Kier alpha value is -0.860. The molecular formula is C11H12BrClN2O4S. The van der Waals surface area contributed by atoms with Crippen molar-refractivity contribution >= 4 is 47.3 Å². The fourth-order valence-corrected chi connectivity index (χ4v) is 3.89. The lowest BCUT2D eigenvalue weighted by molar-refractivity contribution is -0.117. The molecule has 2 rings (SSSR count). The zero-order chi connectivity index (χ0) is 14.9. The second-order valence-corrected chi connectivity index (χ2v) is 8.13. The van der Waals surface area contributed by atoms with E-state index in [1.807, 2.05) is 0 Å². The van der Waals surface area contributed by atoms with Crippen molar-refractivity contribution in [1.29, 1.82) is 0 Å². The van der Waals surface area contributed by atoms with Crippen LogP contribution >= 0.6 is 26.6 Å². The number of methoxy groups -OCH3 is 1. The van der Waals surface area contributed by atoms with Gasteiger partial charge in [0.15, 0.2) is 0 Å². The van der Waals surface area contributed by atoms with Gasteiger partial charge in [0, 0.05) is 41.8 Å². The summed E-state index contributed by atoms with van der Waals surface area (Å²) in [5, 5.41) is 0. The second kappa shape index (κ2) is 5.87. The number of ether oxygens (including phenoxy) is 1. The van der Waals surface area contributed by atoms with E-state index >= 15 is 0 Å². The Bertz CT molecular complexity index is 637. The monoisotopic (exact) mass is 382 g/mol. The number of aromatic nitrogens is 1. The van der Waals surface area contributed by atoms with Crippen molar-refractivity contribution < 1.29 is 17.9 Å². The van der Waals surface area contributed by atoms with Crippen molar-refractivity contribution in [3.63, 3.8) is 0 Å². The molecule has 1 fully saturated rings. The Morgan fingerprint density at radius 1 is 1.60 bits per heavy atom. The first-order chi connectivity index (χ1) is 9.30. The third-order valence-corrected chi connectivity index (χ3v) is 4.81. The molecule has 1 aliphatic rings. The summed E-state index contributed by atoms with van der Waals surface area (Å²) in [6, 6.07) is 1.62. The summed E-state index contributed by atoms with van der Waals surface area (Å²) in [5.41, 5.74) is 0.608. The van der Waals surface area contributed by atoms with E-state index in [0.29, 0.717) is 22.6 Å². The van der Waals surface area contributed by atoms with Crippen LogP contribution in [0.15, 0.2) is 16.7 Å². The van der Waals surface area contributed by atoms with Crippen LogP contribution in [0.25, 0.3) is 0 Å². The molecule has 0 aliphatic carbocycles. The van der Waals surface area contributed by atoms with Gasteiger partial charge in [-0.1, -0.05) is 0 Å². The number of halogens is 2. The van der Waals surface area contributed by atoms with E-state index in [1.165, 1.54) is 18.2 Å². The summed E-state index contributed by atoms with van der Waals surface area (Å²) >= 11 is 3.32. The number of nitrogens with zero attached hydrogens (tertiary/aromatic N) is 2. The molecule has 0 radical (unpaired) electrons. The Morgan fingerprint density at radius 2 is 2.30 bits per heavy atom. The van der Waals surface area contributed by atoms with E-state index in [2.05, 4.69) is 20.9 Å². The van der Waals surface area contributed by atoms with E-state index in [9.17, 15) is 13.2 Å². The summed E-state index contributed by atoms with van der Waals surface area (Å²) in [5.74, 6) is -0.291. The van der Waals surface area contributed by atoms with Gasteiger partial charge in [0.2, 0.25) is 20.8 Å². The second-order valence-electron chi connectivity index (χ2n) is 4.46. The van der Waals surface area contributed by atoms with Crippen molar-refractivity contribution in [1.82, 2.24) is 4.98 Å². The van der Waals surface area contributed by atoms with Gasteiger partial charge >= 0.3 is 0 Å². The molecular weight excluding hydrogens is 372 g/mol. The molecule has 2 heterocycles. The SMILES string of the molecule is COc1cc(N2CC(CS(=O)(=O)Cl)CC2=O)c(Br)cn1. The highest BCUT2D eigenvalue weighted by Crippen LogP contribution is 2.33. The fourth-order valence-electron chi connectivity index (χ4n) is 2.14. The average Bonchev–Trinajstić information content (AvgIpc) is 2.68. The van der Waals surface area contributed by atoms with Gasteiger partial charge in [0.25, 0.3) is 0 Å². The van der Waals surface area contributed by atoms with Gasteiger partial charge in [0.05, 0.1) is 23.0 Å². The summed E-state index contributed by atoms with van der Waals surface area (Å²) in [4.78, 5) is 17.6. The number of pyridine rings is 1. The van der Waals surface area contributed by atoms with Crippen LogP contribution in [-0.4, -0.2) is 38.7 Å². The van der Waals surface area contributed by atoms with Crippen LogP contribution in [0.1, 0.15) is 6.42 Å². The Kier molecular flexibility index (Phi) is 4.55. The van der Waals surface area contributed by atoms with Gasteiger partial charge < -0.3 is 9.64 Å². The maximum absolute atomic E-state index is 12.0. The van der Waals surface area contributed by atoms with Crippen molar-refractivity contribution in [2.45, 2.75) is 6.42 Å². The topological polar surface area (TPSA) is 76.6 Å². The number of anilines is 1. The molecule has 20 heavy (non-hydrogen) atoms. The smallest absolute Gasteiger partial charge is 0.232 e. The quantitative estimate of drug-likeness (QED) is 0.741. The molecule has 1 aliphatic heterocycles. The lowest BCUT2D eigenvalue weighted by Gasteiger charge is -2.18. The average molecular weight is 384 g/mol. The molecule has 9 heteroatoms. The highest BCUT2D eigenvalue weighted by atomic mass is 79.9. The Morgan fingerprint density at radius 3 is 2.90 bits per heavy atom. The molecule has 0 N–H and O–H groups in total. The predicted octanol–water partition coefficient (Wildman–Crippen LogP) is 1.77. The van der Waals surface area contributed by atoms with E-state index in [1.54, 1.807) is 6.07 Å². The zero-order valence-electron chi connectivity index (χ0n) is 10.5. The van der Waals surface area contributed by atoms with Crippen LogP contribution in [0, 0.1) is 5.92 Å². The molecule has 110 valence electrons. The van der Waals surface area contributed by atoms with Gasteiger partial charge in [-0.2, -0.15) is 0 Å². The van der Waals surface area contributed by atoms with Crippen LogP contribution in [-0.2, 0) is 13.8 Å². The predicted molar refractivity (Wildman–Crippen MR) is 78.6 cm³/mol. The molecule has 1 atom stereocenters. The third-order valence-electron chi connectivity index (χ3n) is 2.95. The molecule has 0 bridgehead atoms. The van der Waals surface area contributed by atoms with E-state index in [0.717, 1.165) is 0 Å². The highest BCUT2D eigenvalue weighted by Gasteiger charge is 2.34. The Labute approximate surface area is 129 Å². The minimum Gasteiger partial charge on any atom is -0.481 e. The molecule has 0 spiro atoms. The van der Waals surface area contributed by atoms with Crippen molar-refractivity contribution in [3.05, 3.63) is 16.7 Å². The normalized spacial score (nSPS) is 19.4. The molecule has 6 nitrogen and oxygen atoms in total. The molecule has 0 saturated carbocycles. The number of amides is 1. The van der Waals surface area contributed by atoms with Gasteiger partial charge in [-0.05, 0) is 15.9 Å². The van der Waals surface area contributed by atoms with E-state index in [4.69, 9.17) is 15.4 Å². The minimum atomic E-state index is -3.61. The van der Waals surface area contributed by atoms with Crippen molar-refractivity contribution in [3.8, 4) is 5.88 Å². The first-order valence-electron chi connectivity index (χ1n) is 5.72. The highest BCUT2D eigenvalue weighted by molar-refractivity contribution is 9.10. The molecule has 1 aromatic heterocycles. The van der Waals surface area contributed by atoms with Gasteiger partial charge in [0.1, 0.15) is 0 Å². The van der Waals surface area contributed by atoms with Gasteiger partial charge in [-0.3, -0.25) is 4.79 Å². The van der Waals surface area contributed by atoms with Crippen LogP contribution in [0.3, 0.4) is 0 Å². The van der Waals surface area contributed by atoms with Crippen LogP contribution in [0.2, 0.25) is 0 Å². The minimum absolute atomic E-state index is 0.149. The maximum Gasteiger partial charge on any atom is 0.232 e. The number of carbonyl (C=O) groups excluding carboxylic acids is 1. The number of carbonyl (C=O) groups is 1. The summed E-state index contributed by atoms with van der Waals surface area (Å²) in [6.45, 7) is 0.302. The molecule has 1 unspecified atom stereocenters. The molecule has 1 saturated heterocycles. The van der Waals surface area contributed by atoms with E-state index in [-0.39, 0.29) is 24.0 Å². The molecule has 1 aromatic rings. The lowest BCUT2D eigenvalue weighted by atomic mass is 10.1. The number of rotatable bonds is 4. The van der Waals surface area contributed by atoms with Gasteiger partial charge in [-0.25, -0.2) is 13.4 Å². The van der Waals surface area contributed by atoms with E-state index < -0.39 is 9.05 Å². The summed E-state index contributed by atoms with van der Waals surface area (Å²) in [7, 11) is 3.10. The molecule has 0 aromatic carbocycles. The first kappa shape index (κ1) is 15.5. The van der Waals surface area contributed by atoms with Crippen LogP contribution in [0.4, 0.5) is 5.69 Å². The summed E-state index contributed by atoms with van der Waals surface area (Å²) in [6.07, 6.45) is 1.69. The maximum atomic E-state index is 12.0. The van der Waals surface area contributed by atoms with Crippen molar-refractivity contribution in [2.24, 2.45) is 5.92 Å². The first-order valence-corrected chi connectivity index (χ1v) is 8.99. The van der Waals surface area contributed by atoms with Gasteiger partial charge in [-0.15, -0.1) is 0 Å². The fraction of sp³-hybridized carbons (Fsp3) is 0.455. The number of hydrogen-bond acceptors (Lipinski definition) is 5. The molecule has 1 amide bonds. The summed E-state index contributed by atoms with van der Waals surface area (Å²) < 4.78 is 27.9.